The summed E-state index contributed by atoms with van der Waals surface area (Å²) in [5.41, 5.74) is 2.46. The fourth-order valence-electron chi connectivity index (χ4n) is 2.36. The van der Waals surface area contributed by atoms with Crippen molar-refractivity contribution in [1.29, 1.82) is 0 Å². The van der Waals surface area contributed by atoms with Gasteiger partial charge in [0.2, 0.25) is 12.5 Å². The first-order chi connectivity index (χ1) is 10.9. The number of fused-ring (bicyclic) bond motifs is 1. The van der Waals surface area contributed by atoms with E-state index in [2.05, 4.69) is 15.4 Å². The minimum atomic E-state index is 0.173. The maximum atomic E-state index is 5.44. The van der Waals surface area contributed by atoms with Crippen LogP contribution in [0.3, 0.4) is 0 Å². The van der Waals surface area contributed by atoms with Crippen LogP contribution in [-0.4, -0.2) is 29.3 Å². The van der Waals surface area contributed by atoms with Crippen LogP contribution in [0.15, 0.2) is 41.3 Å². The number of methoxy groups -OCH3 is 1. The predicted molar refractivity (Wildman–Crippen MR) is 75.6 cm³/mol. The highest BCUT2D eigenvalue weighted by molar-refractivity contribution is 5.80. The van der Waals surface area contributed by atoms with Gasteiger partial charge in [0.05, 0.1) is 31.3 Å². The van der Waals surface area contributed by atoms with E-state index in [0.29, 0.717) is 23.0 Å². The fourth-order valence-corrected chi connectivity index (χ4v) is 2.36. The third-order valence-corrected chi connectivity index (χ3v) is 3.39. The van der Waals surface area contributed by atoms with E-state index in [1.165, 1.54) is 0 Å². The van der Waals surface area contributed by atoms with E-state index in [1.807, 2.05) is 18.2 Å². The molecule has 7 nitrogen and oxygen atoms in total. The third-order valence-electron chi connectivity index (χ3n) is 3.39. The summed E-state index contributed by atoms with van der Waals surface area (Å²) >= 11 is 0. The number of benzene rings is 1. The van der Waals surface area contributed by atoms with Gasteiger partial charge in [-0.05, 0) is 18.2 Å². The monoisotopic (exact) mass is 297 g/mol. The van der Waals surface area contributed by atoms with E-state index in [0.717, 1.165) is 16.7 Å². The molecule has 0 amide bonds. The Bertz CT molecular complexity index is 817. The molecule has 1 aliphatic heterocycles. The Labute approximate surface area is 125 Å². The van der Waals surface area contributed by atoms with Crippen LogP contribution in [0.2, 0.25) is 0 Å². The standard InChI is InChI=1S/C15H11N3O4/c1-19-12-4-10(5-13-15(12)21-8-20-13)14-11(7-18-22-14)9-2-3-16-17-6-9/h2-7H,8H2,1H3. The lowest BCUT2D eigenvalue weighted by Crippen LogP contribution is -1.93. The summed E-state index contributed by atoms with van der Waals surface area (Å²) in [4.78, 5) is 0. The summed E-state index contributed by atoms with van der Waals surface area (Å²) in [7, 11) is 1.58. The summed E-state index contributed by atoms with van der Waals surface area (Å²) in [6.07, 6.45) is 4.91. The maximum Gasteiger partial charge on any atom is 0.231 e. The number of ether oxygens (including phenoxy) is 3. The molecule has 0 radical (unpaired) electrons. The number of rotatable bonds is 3. The van der Waals surface area contributed by atoms with E-state index in [4.69, 9.17) is 18.7 Å². The van der Waals surface area contributed by atoms with Gasteiger partial charge in [-0.15, -0.1) is 0 Å². The molecule has 0 spiro atoms. The number of hydrogen-bond donors (Lipinski definition) is 0. The molecule has 3 aromatic rings. The average molecular weight is 297 g/mol. The van der Waals surface area contributed by atoms with Gasteiger partial charge in [0.1, 0.15) is 0 Å². The molecule has 3 heterocycles. The molecule has 0 bridgehead atoms. The van der Waals surface area contributed by atoms with Gasteiger partial charge in [-0.3, -0.25) is 0 Å². The average Bonchev–Trinajstić information content (AvgIpc) is 3.23. The molecule has 0 unspecified atom stereocenters. The highest BCUT2D eigenvalue weighted by Crippen LogP contribution is 2.45. The van der Waals surface area contributed by atoms with Crippen LogP contribution >= 0.6 is 0 Å². The van der Waals surface area contributed by atoms with Crippen LogP contribution < -0.4 is 14.2 Å². The summed E-state index contributed by atoms with van der Waals surface area (Å²) < 4.78 is 21.6. The molecule has 0 fully saturated rings. The second-order valence-corrected chi connectivity index (χ2v) is 4.61. The molecule has 110 valence electrons. The summed E-state index contributed by atoms with van der Waals surface area (Å²) in [5.74, 6) is 2.40. The molecule has 1 aliphatic rings. The first kappa shape index (κ1) is 12.6. The van der Waals surface area contributed by atoms with Crippen molar-refractivity contribution in [1.82, 2.24) is 15.4 Å². The molecule has 2 aromatic heterocycles. The lowest BCUT2D eigenvalue weighted by molar-refractivity contribution is 0.171. The zero-order valence-corrected chi connectivity index (χ0v) is 11.6. The van der Waals surface area contributed by atoms with Crippen LogP contribution in [0.4, 0.5) is 0 Å². The van der Waals surface area contributed by atoms with Crippen LogP contribution in [0, 0.1) is 0 Å². The maximum absolute atomic E-state index is 5.44. The zero-order chi connectivity index (χ0) is 14.9. The van der Waals surface area contributed by atoms with Crippen LogP contribution in [-0.2, 0) is 0 Å². The second kappa shape index (κ2) is 5.03. The van der Waals surface area contributed by atoms with Gasteiger partial charge in [-0.1, -0.05) is 5.16 Å². The molecule has 0 saturated heterocycles. The normalized spacial score (nSPS) is 12.4. The highest BCUT2D eigenvalue weighted by Gasteiger charge is 2.23. The van der Waals surface area contributed by atoms with Gasteiger partial charge in [0, 0.05) is 11.1 Å². The molecular formula is C15H11N3O4. The molecule has 0 N–H and O–H groups in total. The predicted octanol–water partition coefficient (Wildman–Crippen LogP) is 2.54. The van der Waals surface area contributed by atoms with Crippen molar-refractivity contribution in [2.45, 2.75) is 0 Å². The zero-order valence-electron chi connectivity index (χ0n) is 11.6. The quantitative estimate of drug-likeness (QED) is 0.734. The SMILES string of the molecule is COc1cc(-c2oncc2-c2ccnnc2)cc2c1OCO2. The third kappa shape index (κ3) is 1.95. The number of aromatic nitrogens is 3. The topological polar surface area (TPSA) is 79.5 Å². The van der Waals surface area contributed by atoms with Crippen LogP contribution in [0.1, 0.15) is 0 Å². The van der Waals surface area contributed by atoms with Gasteiger partial charge in [0.25, 0.3) is 0 Å². The Morgan fingerprint density at radius 2 is 2.05 bits per heavy atom. The van der Waals surface area contributed by atoms with Gasteiger partial charge in [0.15, 0.2) is 17.3 Å². The highest BCUT2D eigenvalue weighted by atomic mass is 16.7. The van der Waals surface area contributed by atoms with Crippen molar-refractivity contribution in [3.8, 4) is 39.7 Å². The minimum absolute atomic E-state index is 0.173. The second-order valence-electron chi connectivity index (χ2n) is 4.61. The molecule has 0 atom stereocenters. The Balaban J connectivity index is 1.86. The first-order valence-electron chi connectivity index (χ1n) is 6.56. The lowest BCUT2D eigenvalue weighted by Gasteiger charge is -2.07. The van der Waals surface area contributed by atoms with E-state index in [9.17, 15) is 0 Å². The van der Waals surface area contributed by atoms with E-state index >= 15 is 0 Å². The number of nitrogens with zero attached hydrogens (tertiary/aromatic N) is 3. The van der Waals surface area contributed by atoms with Crippen molar-refractivity contribution < 1.29 is 18.7 Å². The molecule has 7 heteroatoms. The summed E-state index contributed by atoms with van der Waals surface area (Å²) in [5, 5.41) is 11.5. The summed E-state index contributed by atoms with van der Waals surface area (Å²) in [6, 6.07) is 5.50. The molecule has 1 aromatic carbocycles. The Morgan fingerprint density at radius 1 is 1.09 bits per heavy atom. The molecule has 0 saturated carbocycles. The van der Waals surface area contributed by atoms with Gasteiger partial charge in [-0.25, -0.2) is 0 Å². The van der Waals surface area contributed by atoms with Gasteiger partial charge in [-0.2, -0.15) is 10.2 Å². The van der Waals surface area contributed by atoms with Crippen molar-refractivity contribution >= 4 is 0 Å². The van der Waals surface area contributed by atoms with Crippen molar-refractivity contribution in [3.05, 3.63) is 36.8 Å². The van der Waals surface area contributed by atoms with E-state index in [-0.39, 0.29) is 6.79 Å². The molecule has 0 aliphatic carbocycles. The Kier molecular flexibility index (Phi) is 2.89. The van der Waals surface area contributed by atoms with Gasteiger partial charge >= 0.3 is 0 Å². The molecular weight excluding hydrogens is 286 g/mol. The lowest BCUT2D eigenvalue weighted by atomic mass is 10.0. The van der Waals surface area contributed by atoms with E-state index < -0.39 is 0 Å². The van der Waals surface area contributed by atoms with Crippen LogP contribution in [0.5, 0.6) is 17.2 Å². The van der Waals surface area contributed by atoms with Crippen molar-refractivity contribution in [2.24, 2.45) is 0 Å². The Hall–Kier alpha value is -3.09. The van der Waals surface area contributed by atoms with Crippen molar-refractivity contribution in [3.63, 3.8) is 0 Å². The molecule has 22 heavy (non-hydrogen) atoms. The first-order valence-corrected chi connectivity index (χ1v) is 6.56. The largest absolute Gasteiger partial charge is 0.493 e. The Morgan fingerprint density at radius 3 is 2.86 bits per heavy atom. The summed E-state index contributed by atoms with van der Waals surface area (Å²) in [6.45, 7) is 0.173. The smallest absolute Gasteiger partial charge is 0.231 e. The van der Waals surface area contributed by atoms with E-state index in [1.54, 1.807) is 25.7 Å². The van der Waals surface area contributed by atoms with Crippen molar-refractivity contribution in [2.75, 3.05) is 13.9 Å². The van der Waals surface area contributed by atoms with Gasteiger partial charge < -0.3 is 18.7 Å². The molecule has 4 rings (SSSR count). The minimum Gasteiger partial charge on any atom is -0.493 e. The number of hydrogen-bond acceptors (Lipinski definition) is 7. The van der Waals surface area contributed by atoms with Crippen LogP contribution in [0.25, 0.3) is 22.5 Å². The fraction of sp³-hybridized carbons (Fsp3) is 0.133.